The van der Waals surface area contributed by atoms with Crippen molar-refractivity contribution >= 4 is 15.7 Å². The van der Waals surface area contributed by atoms with Gasteiger partial charge in [-0.15, -0.1) is 6.58 Å². The van der Waals surface area contributed by atoms with Crippen LogP contribution in [-0.2, 0) is 16.4 Å². The van der Waals surface area contributed by atoms with Crippen molar-refractivity contribution in [3.63, 3.8) is 0 Å². The second-order valence-corrected chi connectivity index (χ2v) is 8.89. The van der Waals surface area contributed by atoms with Gasteiger partial charge in [-0.1, -0.05) is 24.3 Å². The van der Waals surface area contributed by atoms with Crippen LogP contribution in [-0.4, -0.2) is 50.9 Å². The number of sulfonamides is 1. The summed E-state index contributed by atoms with van der Waals surface area (Å²) in [5.41, 5.74) is 0.438. The number of hydrogen-bond acceptors (Lipinski definition) is 5. The first-order chi connectivity index (χ1) is 13.8. The van der Waals surface area contributed by atoms with Gasteiger partial charge in [-0.3, -0.25) is 10.1 Å². The molecule has 0 saturated carbocycles. The number of piperazine rings is 1. The number of ether oxygens (including phenoxy) is 1. The Labute approximate surface area is 170 Å². The molecule has 0 bridgehead atoms. The topological polar surface area (TPSA) is 94.2 Å². The fraction of sp³-hybridized carbons (Fsp3) is 0.300. The average molecular weight is 418 g/mol. The van der Waals surface area contributed by atoms with E-state index in [-0.39, 0.29) is 16.3 Å². The zero-order valence-corrected chi connectivity index (χ0v) is 17.0. The van der Waals surface area contributed by atoms with E-state index in [4.69, 9.17) is 4.74 Å². The van der Waals surface area contributed by atoms with Crippen LogP contribution in [0.2, 0.25) is 0 Å². The summed E-state index contributed by atoms with van der Waals surface area (Å²) >= 11 is 0. The summed E-state index contributed by atoms with van der Waals surface area (Å²) in [6, 6.07) is 10.9. The van der Waals surface area contributed by atoms with Gasteiger partial charge >= 0.3 is 5.69 Å². The molecule has 8 nitrogen and oxygen atoms in total. The third kappa shape index (κ3) is 4.64. The Balaban J connectivity index is 1.94. The monoisotopic (exact) mass is 418 g/mol. The molecule has 0 spiro atoms. The van der Waals surface area contributed by atoms with Crippen molar-refractivity contribution in [1.29, 1.82) is 0 Å². The first-order valence-electron chi connectivity index (χ1n) is 9.29. The standard InChI is InChI=1S/C20H23N3O5S/c1-3-6-16-7-4-5-8-19(16)28-20-10-9-17(15-18(20)23(24)25)29(26,27)22-13-11-21(2)12-14-22/h3-5,7-10,15H,1,6,11-14H2,2H3/p+1. The lowest BCUT2D eigenvalue weighted by molar-refractivity contribution is -0.883. The van der Waals surface area contributed by atoms with Gasteiger partial charge in [0, 0.05) is 6.07 Å². The molecule has 1 saturated heterocycles. The van der Waals surface area contributed by atoms with Crippen molar-refractivity contribution in [3.05, 3.63) is 70.8 Å². The smallest absolute Gasteiger partial charge is 0.312 e. The molecule has 29 heavy (non-hydrogen) atoms. The Bertz CT molecular complexity index is 1010. The summed E-state index contributed by atoms with van der Waals surface area (Å²) in [6.45, 7) is 5.86. The number of benzene rings is 2. The van der Waals surface area contributed by atoms with E-state index in [1.165, 1.54) is 21.3 Å². The highest BCUT2D eigenvalue weighted by Gasteiger charge is 2.31. The van der Waals surface area contributed by atoms with Crippen molar-refractivity contribution in [2.75, 3.05) is 33.2 Å². The molecule has 3 rings (SSSR count). The van der Waals surface area contributed by atoms with E-state index in [2.05, 4.69) is 6.58 Å². The molecule has 0 amide bonds. The van der Waals surface area contributed by atoms with Gasteiger partial charge in [0.25, 0.3) is 0 Å². The summed E-state index contributed by atoms with van der Waals surface area (Å²) in [6.07, 6.45) is 2.26. The molecule has 1 N–H and O–H groups in total. The Morgan fingerprint density at radius 2 is 1.90 bits per heavy atom. The fourth-order valence-electron chi connectivity index (χ4n) is 3.19. The van der Waals surface area contributed by atoms with Crippen LogP contribution >= 0.6 is 0 Å². The highest BCUT2D eigenvalue weighted by Crippen LogP contribution is 2.35. The van der Waals surface area contributed by atoms with Crippen molar-refractivity contribution < 1.29 is 23.0 Å². The number of allylic oxidation sites excluding steroid dienone is 1. The van der Waals surface area contributed by atoms with Crippen molar-refractivity contribution in [1.82, 2.24) is 4.31 Å². The van der Waals surface area contributed by atoms with Crippen LogP contribution in [0.25, 0.3) is 0 Å². The number of nitrogens with one attached hydrogen (secondary N) is 1. The highest BCUT2D eigenvalue weighted by atomic mass is 32.2. The van der Waals surface area contributed by atoms with E-state index in [9.17, 15) is 18.5 Å². The Kier molecular flexibility index (Phi) is 6.31. The van der Waals surface area contributed by atoms with Crippen LogP contribution in [0.4, 0.5) is 5.69 Å². The van der Waals surface area contributed by atoms with Crippen LogP contribution in [0.15, 0.2) is 60.0 Å². The molecule has 0 aliphatic carbocycles. The van der Waals surface area contributed by atoms with Gasteiger partial charge in [0.1, 0.15) is 5.75 Å². The summed E-state index contributed by atoms with van der Waals surface area (Å²) in [5, 5.41) is 11.6. The van der Waals surface area contributed by atoms with Gasteiger partial charge in [-0.05, 0) is 30.2 Å². The normalized spacial score (nSPS) is 15.8. The minimum atomic E-state index is -3.80. The molecule has 1 heterocycles. The van der Waals surface area contributed by atoms with E-state index in [1.54, 1.807) is 18.2 Å². The predicted octanol–water partition coefficient (Wildman–Crippen LogP) is 1.63. The minimum absolute atomic E-state index is 0.00622. The second kappa shape index (κ2) is 8.73. The van der Waals surface area contributed by atoms with Crippen LogP contribution in [0.3, 0.4) is 0 Å². The van der Waals surface area contributed by atoms with Gasteiger partial charge in [0.05, 0.1) is 43.0 Å². The molecule has 9 heteroatoms. The molecule has 2 aromatic rings. The SMILES string of the molecule is C=CCc1ccccc1Oc1ccc(S(=O)(=O)N2CC[NH+](C)CC2)cc1[N+](=O)[O-]. The third-order valence-electron chi connectivity index (χ3n) is 4.90. The molecule has 154 valence electrons. The number of likely N-dealkylation sites (N-methyl/N-ethyl adjacent to an activating group) is 1. The second-order valence-electron chi connectivity index (χ2n) is 6.95. The molecule has 1 fully saturated rings. The zero-order chi connectivity index (χ0) is 21.0. The van der Waals surface area contributed by atoms with Crippen LogP contribution in [0.1, 0.15) is 5.56 Å². The first kappa shape index (κ1) is 21.0. The summed E-state index contributed by atoms with van der Waals surface area (Å²) in [7, 11) is -1.80. The molecule has 0 radical (unpaired) electrons. The molecule has 0 atom stereocenters. The van der Waals surface area contributed by atoms with E-state index in [0.717, 1.165) is 11.6 Å². The number of nitro benzene ring substituents is 1. The van der Waals surface area contributed by atoms with Crippen molar-refractivity contribution in [2.45, 2.75) is 11.3 Å². The van der Waals surface area contributed by atoms with Gasteiger partial charge in [0.15, 0.2) is 0 Å². The van der Waals surface area contributed by atoms with Gasteiger partial charge in [-0.25, -0.2) is 8.42 Å². The molecule has 0 unspecified atom stereocenters. The number of rotatable bonds is 7. The van der Waals surface area contributed by atoms with E-state index < -0.39 is 14.9 Å². The van der Waals surface area contributed by atoms with Crippen LogP contribution in [0, 0.1) is 10.1 Å². The fourth-order valence-corrected chi connectivity index (χ4v) is 4.65. The lowest BCUT2D eigenvalue weighted by atomic mass is 10.1. The molecule has 0 aromatic heterocycles. The minimum Gasteiger partial charge on any atom is -0.450 e. The lowest BCUT2D eigenvalue weighted by Gasteiger charge is -2.29. The average Bonchev–Trinajstić information content (AvgIpc) is 2.70. The maximum Gasteiger partial charge on any atom is 0.312 e. The maximum absolute atomic E-state index is 12.9. The van der Waals surface area contributed by atoms with Crippen LogP contribution < -0.4 is 9.64 Å². The Morgan fingerprint density at radius 1 is 1.21 bits per heavy atom. The number of quaternary nitrogens is 1. The third-order valence-corrected chi connectivity index (χ3v) is 6.79. The van der Waals surface area contributed by atoms with Gasteiger partial charge in [0.2, 0.25) is 15.8 Å². The highest BCUT2D eigenvalue weighted by molar-refractivity contribution is 7.89. The quantitative estimate of drug-likeness (QED) is 0.419. The van der Waals surface area contributed by atoms with Crippen molar-refractivity contribution in [2.24, 2.45) is 0 Å². The number of nitro groups is 1. The summed E-state index contributed by atoms with van der Waals surface area (Å²) < 4.78 is 33.0. The Morgan fingerprint density at radius 3 is 2.55 bits per heavy atom. The molecule has 1 aliphatic heterocycles. The molecular weight excluding hydrogens is 394 g/mol. The largest absolute Gasteiger partial charge is 0.450 e. The van der Waals surface area contributed by atoms with E-state index in [0.29, 0.717) is 38.3 Å². The number of hydrogen-bond donors (Lipinski definition) is 1. The maximum atomic E-state index is 12.9. The molecular formula is C20H24N3O5S+. The van der Waals surface area contributed by atoms with E-state index >= 15 is 0 Å². The Hall–Kier alpha value is -2.75. The van der Waals surface area contributed by atoms with Gasteiger partial charge < -0.3 is 9.64 Å². The molecule has 2 aromatic carbocycles. The zero-order valence-electron chi connectivity index (χ0n) is 16.2. The van der Waals surface area contributed by atoms with Gasteiger partial charge in [-0.2, -0.15) is 4.31 Å². The summed E-state index contributed by atoms with van der Waals surface area (Å²) in [5.74, 6) is 0.460. The first-order valence-corrected chi connectivity index (χ1v) is 10.7. The molecule has 1 aliphatic rings. The number of para-hydroxylation sites is 1. The summed E-state index contributed by atoms with van der Waals surface area (Å²) in [4.78, 5) is 12.1. The van der Waals surface area contributed by atoms with Crippen molar-refractivity contribution in [3.8, 4) is 11.5 Å². The number of nitrogens with zero attached hydrogens (tertiary/aromatic N) is 2. The lowest BCUT2D eigenvalue weighted by Crippen LogP contribution is -3.12. The predicted molar refractivity (Wildman–Crippen MR) is 109 cm³/mol. The van der Waals surface area contributed by atoms with Crippen LogP contribution in [0.5, 0.6) is 11.5 Å². The van der Waals surface area contributed by atoms with E-state index in [1.807, 2.05) is 19.2 Å².